The summed E-state index contributed by atoms with van der Waals surface area (Å²) in [7, 11) is 0. The predicted octanol–water partition coefficient (Wildman–Crippen LogP) is 5.21. The first-order chi connectivity index (χ1) is 7.66. The number of hydrogen-bond donors (Lipinski definition) is 0. The van der Waals surface area contributed by atoms with E-state index < -0.39 is 0 Å². The second kappa shape index (κ2) is 6.67. The zero-order valence-electron chi connectivity index (χ0n) is 10.7. The molecule has 0 heterocycles. The van der Waals surface area contributed by atoms with Crippen molar-refractivity contribution >= 4 is 0 Å². The van der Waals surface area contributed by atoms with Crippen LogP contribution in [-0.2, 0) is 0 Å². The maximum absolute atomic E-state index is 13.4. The molecular formula is C15H23F. The van der Waals surface area contributed by atoms with E-state index in [-0.39, 0.29) is 5.82 Å². The summed E-state index contributed by atoms with van der Waals surface area (Å²) < 4.78 is 13.4. The highest BCUT2D eigenvalue weighted by atomic mass is 19.1. The molecule has 0 aromatic heterocycles. The standard InChI is InChI=1S/C15H23F/c1-4-5-6-7-9-12(2)14-10-8-11-15(16)13(14)3/h8,10-12H,4-7,9H2,1-3H3. The fourth-order valence-corrected chi connectivity index (χ4v) is 2.19. The zero-order valence-corrected chi connectivity index (χ0v) is 10.7. The monoisotopic (exact) mass is 222 g/mol. The van der Waals surface area contributed by atoms with Crippen LogP contribution in [0.1, 0.15) is 63.0 Å². The van der Waals surface area contributed by atoms with E-state index in [2.05, 4.69) is 19.9 Å². The van der Waals surface area contributed by atoms with Crippen molar-refractivity contribution in [3.8, 4) is 0 Å². The number of rotatable bonds is 6. The molecule has 0 amide bonds. The van der Waals surface area contributed by atoms with E-state index in [0.29, 0.717) is 5.92 Å². The van der Waals surface area contributed by atoms with Crippen molar-refractivity contribution in [3.05, 3.63) is 35.1 Å². The Morgan fingerprint density at radius 3 is 2.62 bits per heavy atom. The predicted molar refractivity (Wildman–Crippen MR) is 68.3 cm³/mol. The lowest BCUT2D eigenvalue weighted by Gasteiger charge is -2.14. The lowest BCUT2D eigenvalue weighted by Crippen LogP contribution is -1.98. The van der Waals surface area contributed by atoms with Gasteiger partial charge in [0.15, 0.2) is 0 Å². The van der Waals surface area contributed by atoms with Gasteiger partial charge in [0, 0.05) is 0 Å². The van der Waals surface area contributed by atoms with Crippen LogP contribution in [0.25, 0.3) is 0 Å². The van der Waals surface area contributed by atoms with E-state index >= 15 is 0 Å². The van der Waals surface area contributed by atoms with Crippen molar-refractivity contribution in [2.75, 3.05) is 0 Å². The Morgan fingerprint density at radius 1 is 1.19 bits per heavy atom. The molecule has 1 unspecified atom stereocenters. The van der Waals surface area contributed by atoms with E-state index in [1.165, 1.54) is 37.7 Å². The van der Waals surface area contributed by atoms with Gasteiger partial charge in [0.1, 0.15) is 5.82 Å². The summed E-state index contributed by atoms with van der Waals surface area (Å²) >= 11 is 0. The molecule has 0 bridgehead atoms. The third-order valence-electron chi connectivity index (χ3n) is 3.33. The van der Waals surface area contributed by atoms with Crippen molar-refractivity contribution in [2.45, 2.75) is 58.8 Å². The van der Waals surface area contributed by atoms with Crippen molar-refractivity contribution in [2.24, 2.45) is 0 Å². The van der Waals surface area contributed by atoms with Crippen molar-refractivity contribution in [3.63, 3.8) is 0 Å². The Bertz CT molecular complexity index is 317. The molecule has 0 radical (unpaired) electrons. The van der Waals surface area contributed by atoms with Crippen molar-refractivity contribution < 1.29 is 4.39 Å². The molecule has 0 aliphatic rings. The van der Waals surface area contributed by atoms with Gasteiger partial charge in [-0.3, -0.25) is 0 Å². The second-order valence-corrected chi connectivity index (χ2v) is 4.70. The van der Waals surface area contributed by atoms with Crippen LogP contribution in [0, 0.1) is 12.7 Å². The van der Waals surface area contributed by atoms with Crippen LogP contribution in [0.3, 0.4) is 0 Å². The van der Waals surface area contributed by atoms with Crippen LogP contribution in [0.2, 0.25) is 0 Å². The fraction of sp³-hybridized carbons (Fsp3) is 0.600. The molecule has 0 nitrogen and oxygen atoms in total. The van der Waals surface area contributed by atoms with Crippen LogP contribution in [0.5, 0.6) is 0 Å². The van der Waals surface area contributed by atoms with E-state index in [1.54, 1.807) is 6.07 Å². The highest BCUT2D eigenvalue weighted by molar-refractivity contribution is 5.30. The number of halogens is 1. The summed E-state index contributed by atoms with van der Waals surface area (Å²) in [6, 6.07) is 5.42. The molecule has 1 aromatic carbocycles. The van der Waals surface area contributed by atoms with Crippen LogP contribution >= 0.6 is 0 Å². The van der Waals surface area contributed by atoms with Crippen LogP contribution in [-0.4, -0.2) is 0 Å². The number of unbranched alkanes of at least 4 members (excludes halogenated alkanes) is 3. The summed E-state index contributed by atoms with van der Waals surface area (Å²) in [4.78, 5) is 0. The minimum atomic E-state index is -0.0714. The minimum Gasteiger partial charge on any atom is -0.207 e. The number of benzene rings is 1. The first-order valence-electron chi connectivity index (χ1n) is 6.41. The molecular weight excluding hydrogens is 199 g/mol. The van der Waals surface area contributed by atoms with E-state index in [4.69, 9.17) is 0 Å². The van der Waals surface area contributed by atoms with Crippen LogP contribution < -0.4 is 0 Å². The van der Waals surface area contributed by atoms with Crippen LogP contribution in [0.4, 0.5) is 4.39 Å². The molecule has 1 heteroatoms. The Morgan fingerprint density at radius 2 is 1.94 bits per heavy atom. The smallest absolute Gasteiger partial charge is 0.126 e. The molecule has 0 spiro atoms. The summed E-state index contributed by atoms with van der Waals surface area (Å²) in [5, 5.41) is 0. The molecule has 0 saturated carbocycles. The molecule has 16 heavy (non-hydrogen) atoms. The van der Waals surface area contributed by atoms with Gasteiger partial charge in [0.05, 0.1) is 0 Å². The topological polar surface area (TPSA) is 0 Å². The lowest BCUT2D eigenvalue weighted by molar-refractivity contribution is 0.568. The molecule has 0 aliphatic heterocycles. The molecule has 0 N–H and O–H groups in total. The third kappa shape index (κ3) is 3.62. The van der Waals surface area contributed by atoms with Gasteiger partial charge in [-0.2, -0.15) is 0 Å². The van der Waals surface area contributed by atoms with Gasteiger partial charge in [-0.15, -0.1) is 0 Å². The Labute approximate surface area is 98.9 Å². The molecule has 1 atom stereocenters. The average Bonchev–Trinajstić information content (AvgIpc) is 2.28. The highest BCUT2D eigenvalue weighted by Gasteiger charge is 2.10. The third-order valence-corrected chi connectivity index (χ3v) is 3.33. The van der Waals surface area contributed by atoms with Gasteiger partial charge in [-0.05, 0) is 36.5 Å². The first-order valence-corrected chi connectivity index (χ1v) is 6.41. The van der Waals surface area contributed by atoms with Crippen molar-refractivity contribution in [1.82, 2.24) is 0 Å². The van der Waals surface area contributed by atoms with Gasteiger partial charge >= 0.3 is 0 Å². The summed E-state index contributed by atoms with van der Waals surface area (Å²) in [6.45, 7) is 6.31. The van der Waals surface area contributed by atoms with Crippen molar-refractivity contribution in [1.29, 1.82) is 0 Å². The maximum atomic E-state index is 13.4. The van der Waals surface area contributed by atoms with Gasteiger partial charge in [0.2, 0.25) is 0 Å². The summed E-state index contributed by atoms with van der Waals surface area (Å²) in [5.74, 6) is 0.408. The number of hydrogen-bond acceptors (Lipinski definition) is 0. The first kappa shape index (κ1) is 13.2. The quantitative estimate of drug-likeness (QED) is 0.580. The Balaban J connectivity index is 2.52. The average molecular weight is 222 g/mol. The molecule has 0 saturated heterocycles. The summed E-state index contributed by atoms with van der Waals surface area (Å²) in [5.41, 5.74) is 2.00. The van der Waals surface area contributed by atoms with E-state index in [0.717, 1.165) is 5.56 Å². The second-order valence-electron chi connectivity index (χ2n) is 4.70. The molecule has 1 rings (SSSR count). The Kier molecular flexibility index (Phi) is 5.51. The lowest BCUT2D eigenvalue weighted by atomic mass is 9.91. The van der Waals surface area contributed by atoms with E-state index in [1.807, 2.05) is 13.0 Å². The normalized spacial score (nSPS) is 12.8. The SMILES string of the molecule is CCCCCCC(C)c1cccc(F)c1C. The summed E-state index contributed by atoms with van der Waals surface area (Å²) in [6.07, 6.45) is 6.31. The fourth-order valence-electron chi connectivity index (χ4n) is 2.19. The van der Waals surface area contributed by atoms with Gasteiger partial charge in [-0.1, -0.05) is 51.7 Å². The van der Waals surface area contributed by atoms with Gasteiger partial charge in [0.25, 0.3) is 0 Å². The zero-order chi connectivity index (χ0) is 12.0. The largest absolute Gasteiger partial charge is 0.207 e. The maximum Gasteiger partial charge on any atom is 0.126 e. The minimum absolute atomic E-state index is 0.0714. The Hall–Kier alpha value is -0.850. The van der Waals surface area contributed by atoms with Crippen LogP contribution in [0.15, 0.2) is 18.2 Å². The molecule has 0 fully saturated rings. The van der Waals surface area contributed by atoms with E-state index in [9.17, 15) is 4.39 Å². The molecule has 0 aliphatic carbocycles. The highest BCUT2D eigenvalue weighted by Crippen LogP contribution is 2.26. The molecule has 1 aromatic rings. The van der Waals surface area contributed by atoms with Gasteiger partial charge < -0.3 is 0 Å². The molecule has 90 valence electrons. The van der Waals surface area contributed by atoms with Gasteiger partial charge in [-0.25, -0.2) is 4.39 Å².